The summed E-state index contributed by atoms with van der Waals surface area (Å²) in [5, 5.41) is 5.90. The standard InChI is InChI=1S/C24H24N4O4S.C19H21N3O4S/c1-24(2,15-32-20-10-6-9-18-14-33(30,31)28-22(25)21(18)20)27-23(29)17-11-12-26-19(13-17)16-7-4-3-5-8-16;1-19(2,21-18(23)13-7-4-3-5-8-13)12-26-15-10-6-9-14-11-27(24,25)22-17(20)16(14)15/h3-13H,14-15H2,1-2H3,(H2,25,28)(H,27,29);3-10H,11-12H2,1-2H3,(H2,20,22)(H,21,23). The van der Waals surface area contributed by atoms with E-state index in [0.29, 0.717) is 50.6 Å². The van der Waals surface area contributed by atoms with Gasteiger partial charge in [0, 0.05) is 22.9 Å². The molecule has 7 rings (SSSR count). The third kappa shape index (κ3) is 10.9. The molecule has 0 unspecified atom stereocenters. The van der Waals surface area contributed by atoms with Gasteiger partial charge in [0.15, 0.2) is 0 Å². The van der Waals surface area contributed by atoms with Crippen molar-refractivity contribution in [3.05, 3.63) is 149 Å². The van der Waals surface area contributed by atoms with Gasteiger partial charge < -0.3 is 31.6 Å². The normalized spacial score (nSPS) is 15.0. The minimum absolute atomic E-state index is 0.0852. The van der Waals surface area contributed by atoms with Crippen LogP contribution in [0, 0.1) is 0 Å². The Balaban J connectivity index is 0.000000205. The van der Waals surface area contributed by atoms with Gasteiger partial charge in [0.25, 0.3) is 31.9 Å². The summed E-state index contributed by atoms with van der Waals surface area (Å²) in [6.45, 7) is 7.65. The second-order valence-corrected chi connectivity index (χ2v) is 18.7. The Hall–Kier alpha value is -6.59. The molecule has 312 valence electrons. The van der Waals surface area contributed by atoms with E-state index in [1.165, 1.54) is 0 Å². The van der Waals surface area contributed by atoms with Crippen molar-refractivity contribution in [2.75, 3.05) is 13.2 Å². The number of amides is 2. The number of hydrogen-bond donors (Lipinski definition) is 4. The molecule has 60 heavy (non-hydrogen) atoms. The minimum atomic E-state index is -3.63. The summed E-state index contributed by atoms with van der Waals surface area (Å²) in [7, 11) is -7.23. The molecule has 3 heterocycles. The highest BCUT2D eigenvalue weighted by Gasteiger charge is 2.29. The van der Waals surface area contributed by atoms with Crippen LogP contribution in [0.2, 0.25) is 0 Å². The first-order valence-electron chi connectivity index (χ1n) is 18.7. The van der Waals surface area contributed by atoms with Crippen molar-refractivity contribution in [3.8, 4) is 22.8 Å². The zero-order valence-corrected chi connectivity index (χ0v) is 35.0. The Morgan fingerprint density at radius 1 is 0.617 bits per heavy atom. The average Bonchev–Trinajstić information content (AvgIpc) is 3.19. The summed E-state index contributed by atoms with van der Waals surface area (Å²) < 4.78 is 66.2. The van der Waals surface area contributed by atoms with Crippen LogP contribution in [0.5, 0.6) is 11.5 Å². The van der Waals surface area contributed by atoms with Gasteiger partial charge in [-0.05, 0) is 75.2 Å². The molecule has 17 heteroatoms. The lowest BCUT2D eigenvalue weighted by atomic mass is 10.0. The first-order chi connectivity index (χ1) is 28.3. The second-order valence-electron chi connectivity index (χ2n) is 15.4. The number of sulfonamides is 2. The Morgan fingerprint density at radius 2 is 1.07 bits per heavy atom. The summed E-state index contributed by atoms with van der Waals surface area (Å²) in [5.74, 6) is -0.235. The molecule has 0 saturated carbocycles. The quantitative estimate of drug-likeness (QED) is 0.142. The van der Waals surface area contributed by atoms with Gasteiger partial charge in [-0.1, -0.05) is 72.8 Å². The maximum atomic E-state index is 12.9. The number of pyridine rings is 1. The first-order valence-corrected chi connectivity index (χ1v) is 21.9. The van der Waals surface area contributed by atoms with Crippen LogP contribution in [0.4, 0.5) is 0 Å². The maximum Gasteiger partial charge on any atom is 0.259 e. The van der Waals surface area contributed by atoms with E-state index in [9.17, 15) is 26.4 Å². The predicted molar refractivity (Wildman–Crippen MR) is 230 cm³/mol. The molecule has 0 atom stereocenters. The van der Waals surface area contributed by atoms with Crippen molar-refractivity contribution in [1.82, 2.24) is 15.6 Å². The molecule has 0 fully saturated rings. The molecule has 0 aliphatic carbocycles. The monoisotopic (exact) mass is 851 g/mol. The number of aromatic nitrogens is 1. The second kappa shape index (κ2) is 17.3. The van der Waals surface area contributed by atoms with Gasteiger partial charge in [-0.15, -0.1) is 8.80 Å². The molecule has 5 aromatic rings. The number of nitrogens with zero attached hydrogens (tertiary/aromatic N) is 3. The van der Waals surface area contributed by atoms with Crippen molar-refractivity contribution in [2.24, 2.45) is 20.3 Å². The lowest BCUT2D eigenvalue weighted by molar-refractivity contribution is 0.0872. The zero-order chi connectivity index (χ0) is 43.3. The SMILES string of the molecule is CC(C)(COc1cccc2c1C(N)=NS(=O)(=O)C2)NC(=O)c1ccccc1.CC(C)(COc1cccc2c1C(N)=NS(=O)(=O)C2)NC(=O)c1ccnc(-c2ccccc2)c1. The van der Waals surface area contributed by atoms with Gasteiger partial charge in [-0.2, -0.15) is 0 Å². The number of carbonyl (C=O) groups excluding carboxylic acids is 2. The number of fused-ring (bicyclic) bond motifs is 2. The molecule has 0 bridgehead atoms. The highest BCUT2D eigenvalue weighted by molar-refractivity contribution is 7.89. The third-order valence-electron chi connectivity index (χ3n) is 9.10. The molecule has 6 N–H and O–H groups in total. The van der Waals surface area contributed by atoms with E-state index in [1.807, 2.05) is 64.1 Å². The summed E-state index contributed by atoms with van der Waals surface area (Å²) in [4.78, 5) is 29.6. The summed E-state index contributed by atoms with van der Waals surface area (Å²) in [6, 6.07) is 32.1. The number of carbonyl (C=O) groups is 2. The van der Waals surface area contributed by atoms with Crippen molar-refractivity contribution >= 4 is 43.5 Å². The molecule has 4 aromatic carbocycles. The fraction of sp³-hybridized carbons (Fsp3) is 0.233. The number of rotatable bonds is 11. The van der Waals surface area contributed by atoms with Gasteiger partial charge in [0.1, 0.15) is 36.4 Å². The van der Waals surface area contributed by atoms with Crippen LogP contribution in [0.1, 0.15) is 70.7 Å². The first kappa shape index (κ1) is 43.0. The predicted octanol–water partition coefficient (Wildman–Crippen LogP) is 4.71. The fourth-order valence-corrected chi connectivity index (χ4v) is 8.52. The fourth-order valence-electron chi connectivity index (χ4n) is 6.34. The van der Waals surface area contributed by atoms with Crippen molar-refractivity contribution < 1.29 is 35.9 Å². The smallest absolute Gasteiger partial charge is 0.259 e. The number of nitrogens with two attached hydrogens (primary N) is 2. The molecule has 1 aromatic heterocycles. The Bertz CT molecular complexity index is 2700. The molecule has 0 radical (unpaired) electrons. The Kier molecular flexibility index (Phi) is 12.4. The van der Waals surface area contributed by atoms with Crippen LogP contribution in [0.3, 0.4) is 0 Å². The van der Waals surface area contributed by atoms with E-state index in [0.717, 1.165) is 5.56 Å². The number of amidine groups is 2. The maximum absolute atomic E-state index is 12.9. The number of benzene rings is 4. The average molecular weight is 852 g/mol. The van der Waals surface area contributed by atoms with E-state index in [2.05, 4.69) is 24.4 Å². The molecule has 0 saturated heterocycles. The van der Waals surface area contributed by atoms with Crippen LogP contribution in [-0.2, 0) is 31.6 Å². The summed E-state index contributed by atoms with van der Waals surface area (Å²) in [5.41, 5.74) is 15.0. The lowest BCUT2D eigenvalue weighted by Gasteiger charge is -2.27. The third-order valence-corrected chi connectivity index (χ3v) is 11.4. The van der Waals surface area contributed by atoms with Crippen LogP contribution in [0.15, 0.2) is 124 Å². The molecule has 2 amide bonds. The summed E-state index contributed by atoms with van der Waals surface area (Å²) >= 11 is 0. The minimum Gasteiger partial charge on any atom is -0.490 e. The number of ether oxygens (including phenoxy) is 2. The lowest BCUT2D eigenvalue weighted by Crippen LogP contribution is -2.48. The van der Waals surface area contributed by atoms with Gasteiger partial charge in [-0.3, -0.25) is 14.6 Å². The Morgan fingerprint density at radius 3 is 1.55 bits per heavy atom. The summed E-state index contributed by atoms with van der Waals surface area (Å²) in [6.07, 6.45) is 1.60. The van der Waals surface area contributed by atoms with Gasteiger partial charge in [-0.25, -0.2) is 16.8 Å². The van der Waals surface area contributed by atoms with Crippen molar-refractivity contribution in [3.63, 3.8) is 0 Å². The highest BCUT2D eigenvalue weighted by atomic mass is 32.2. The number of hydrogen-bond acceptors (Lipinski definition) is 11. The van der Waals surface area contributed by atoms with Gasteiger partial charge in [0.05, 0.1) is 39.4 Å². The van der Waals surface area contributed by atoms with E-state index in [4.69, 9.17) is 20.9 Å². The van der Waals surface area contributed by atoms with E-state index in [-0.39, 0.29) is 48.2 Å². The zero-order valence-electron chi connectivity index (χ0n) is 33.4. The topological polar surface area (TPSA) is 235 Å². The van der Waals surface area contributed by atoms with E-state index in [1.54, 1.807) is 79.0 Å². The van der Waals surface area contributed by atoms with E-state index < -0.39 is 31.1 Å². The van der Waals surface area contributed by atoms with Crippen LogP contribution >= 0.6 is 0 Å². The van der Waals surface area contributed by atoms with Crippen molar-refractivity contribution in [1.29, 1.82) is 0 Å². The van der Waals surface area contributed by atoms with Gasteiger partial charge in [0.2, 0.25) is 0 Å². The van der Waals surface area contributed by atoms with Crippen LogP contribution in [-0.4, -0.2) is 69.6 Å². The van der Waals surface area contributed by atoms with Crippen LogP contribution in [0.25, 0.3) is 11.3 Å². The molecule has 0 spiro atoms. The largest absolute Gasteiger partial charge is 0.490 e. The van der Waals surface area contributed by atoms with Crippen LogP contribution < -0.4 is 31.6 Å². The van der Waals surface area contributed by atoms with Gasteiger partial charge >= 0.3 is 0 Å². The highest BCUT2D eigenvalue weighted by Crippen LogP contribution is 2.30. The number of nitrogens with one attached hydrogen (secondary N) is 2. The molecular formula is C43H45N7O8S2. The molecular weight excluding hydrogens is 807 g/mol. The Labute approximate surface area is 349 Å². The van der Waals surface area contributed by atoms with E-state index >= 15 is 0 Å². The molecule has 15 nitrogen and oxygen atoms in total. The molecule has 2 aliphatic rings. The molecule has 2 aliphatic heterocycles. The van der Waals surface area contributed by atoms with Crippen molar-refractivity contribution in [2.45, 2.75) is 50.3 Å².